The van der Waals surface area contributed by atoms with Crippen LogP contribution in [0.3, 0.4) is 0 Å². The summed E-state index contributed by atoms with van der Waals surface area (Å²) in [6.07, 6.45) is 0. The van der Waals surface area contributed by atoms with E-state index in [0.717, 1.165) is 6.07 Å². The number of nitrogens with one attached hydrogen (secondary N) is 1. The van der Waals surface area contributed by atoms with Crippen molar-refractivity contribution < 1.29 is 54.5 Å². The predicted molar refractivity (Wildman–Crippen MR) is 76.2 cm³/mol. The van der Waals surface area contributed by atoms with Crippen LogP contribution in [0, 0.1) is 0 Å². The van der Waals surface area contributed by atoms with E-state index in [9.17, 15) is 24.9 Å². The van der Waals surface area contributed by atoms with E-state index in [1.165, 1.54) is 18.2 Å². The number of phenols is 2. The number of rotatable bonds is 3. The molecule has 2 aromatic rings. The van der Waals surface area contributed by atoms with Crippen LogP contribution in [0.15, 0.2) is 40.9 Å². The summed E-state index contributed by atoms with van der Waals surface area (Å²) < 4.78 is 0.0942. The molecule has 0 unspecified atom stereocenters. The number of carbonyl (C=O) groups is 2. The molecule has 108 valence electrons. The standard InChI is InChI=1S/C14H10BrNO5.Na/c15-10-6-7(5-9(12(10)18)14(20)21)16-13(19)8-3-1-2-4-11(8)17;/h1-6,17-18H,(H,16,19)(H,20,21);/q;+1/p-1. The van der Waals surface area contributed by atoms with E-state index < -0.39 is 23.2 Å². The average Bonchev–Trinajstić information content (AvgIpc) is 2.42. The summed E-state index contributed by atoms with van der Waals surface area (Å²) in [5.74, 6) is -2.88. The number of anilines is 1. The zero-order valence-corrected chi connectivity index (χ0v) is 15.0. The Morgan fingerprint density at radius 2 is 1.73 bits per heavy atom. The molecule has 0 fully saturated rings. The van der Waals surface area contributed by atoms with E-state index in [-0.39, 0.29) is 51.0 Å². The summed E-state index contributed by atoms with van der Waals surface area (Å²) in [5, 5.41) is 32.5. The van der Waals surface area contributed by atoms with Crippen molar-refractivity contribution in [3.05, 3.63) is 52.0 Å². The number of carboxylic acids is 1. The minimum Gasteiger partial charge on any atom is -0.545 e. The van der Waals surface area contributed by atoms with Crippen LogP contribution in [0.2, 0.25) is 0 Å². The Morgan fingerprint density at radius 1 is 1.09 bits per heavy atom. The fourth-order valence-corrected chi connectivity index (χ4v) is 2.15. The van der Waals surface area contributed by atoms with E-state index in [1.807, 2.05) is 0 Å². The minimum absolute atomic E-state index is 0. The van der Waals surface area contributed by atoms with E-state index in [2.05, 4.69) is 21.2 Å². The molecule has 8 heteroatoms. The summed E-state index contributed by atoms with van der Waals surface area (Å²) in [5.41, 5.74) is -0.291. The Morgan fingerprint density at radius 3 is 2.32 bits per heavy atom. The summed E-state index contributed by atoms with van der Waals surface area (Å²) in [6, 6.07) is 8.31. The smallest absolute Gasteiger partial charge is 0.545 e. The third-order valence-corrected chi connectivity index (χ3v) is 3.29. The first-order valence-corrected chi connectivity index (χ1v) is 6.52. The van der Waals surface area contributed by atoms with Crippen molar-refractivity contribution in [1.82, 2.24) is 0 Å². The minimum atomic E-state index is -1.58. The quantitative estimate of drug-likeness (QED) is 0.447. The fourth-order valence-electron chi connectivity index (χ4n) is 1.69. The van der Waals surface area contributed by atoms with Gasteiger partial charge in [0.1, 0.15) is 11.5 Å². The number of hydrogen-bond donors (Lipinski definition) is 3. The number of halogens is 1. The summed E-state index contributed by atoms with van der Waals surface area (Å²) >= 11 is 2.98. The Bertz CT molecular complexity index is 735. The Labute approximate surface area is 156 Å². The number of para-hydroxylation sites is 1. The molecule has 0 spiro atoms. The first kappa shape index (κ1) is 18.5. The zero-order valence-electron chi connectivity index (χ0n) is 11.5. The third kappa shape index (κ3) is 4.01. The Hall–Kier alpha value is -1.54. The number of aromatic hydroxyl groups is 2. The first-order chi connectivity index (χ1) is 9.90. The van der Waals surface area contributed by atoms with E-state index in [4.69, 9.17) is 0 Å². The fraction of sp³-hybridized carbons (Fsp3) is 0. The van der Waals surface area contributed by atoms with Crippen molar-refractivity contribution in [2.75, 3.05) is 5.32 Å². The largest absolute Gasteiger partial charge is 1.00 e. The number of amides is 1. The molecule has 0 bridgehead atoms. The molecule has 0 heterocycles. The topological polar surface area (TPSA) is 110 Å². The maximum Gasteiger partial charge on any atom is 1.00 e. The van der Waals surface area contributed by atoms with Crippen molar-refractivity contribution in [1.29, 1.82) is 0 Å². The molecule has 0 radical (unpaired) electrons. The molecule has 0 atom stereocenters. The van der Waals surface area contributed by atoms with E-state index >= 15 is 0 Å². The molecule has 2 rings (SSSR count). The van der Waals surface area contributed by atoms with E-state index in [1.54, 1.807) is 12.1 Å². The van der Waals surface area contributed by atoms with Gasteiger partial charge in [-0.05, 0) is 40.2 Å². The SMILES string of the molecule is O=C(Nc1cc(Br)c(O)c(C(=O)[O-])c1)c1ccccc1O.[Na+]. The van der Waals surface area contributed by atoms with E-state index in [0.29, 0.717) is 0 Å². The molecule has 0 aliphatic heterocycles. The Balaban J connectivity index is 0.00000242. The summed E-state index contributed by atoms with van der Waals surface area (Å²) in [7, 11) is 0. The van der Waals surface area contributed by atoms with Crippen molar-refractivity contribution in [3.63, 3.8) is 0 Å². The maximum absolute atomic E-state index is 12.0. The molecule has 22 heavy (non-hydrogen) atoms. The van der Waals surface area contributed by atoms with Gasteiger partial charge in [-0.25, -0.2) is 0 Å². The number of carbonyl (C=O) groups excluding carboxylic acids is 2. The van der Waals surface area contributed by atoms with Crippen LogP contribution >= 0.6 is 15.9 Å². The molecular weight excluding hydrogens is 365 g/mol. The molecular formula is C14H9BrNNaO5. The second kappa shape index (κ2) is 7.64. The van der Waals surface area contributed by atoms with Gasteiger partial charge in [0.25, 0.3) is 5.91 Å². The second-order valence-corrected chi connectivity index (χ2v) is 4.97. The predicted octanol–water partition coefficient (Wildman–Crippen LogP) is -1.52. The first-order valence-electron chi connectivity index (χ1n) is 5.73. The van der Waals surface area contributed by atoms with Gasteiger partial charge in [-0.15, -0.1) is 0 Å². The number of carboxylic acid groups (broad SMARTS) is 1. The summed E-state index contributed by atoms with van der Waals surface area (Å²) in [6.45, 7) is 0. The molecule has 3 N–H and O–H groups in total. The van der Waals surface area contributed by atoms with Gasteiger partial charge in [0.15, 0.2) is 0 Å². The molecule has 0 aromatic heterocycles. The van der Waals surface area contributed by atoms with Gasteiger partial charge in [-0.1, -0.05) is 12.1 Å². The van der Waals surface area contributed by atoms with Gasteiger partial charge >= 0.3 is 29.6 Å². The van der Waals surface area contributed by atoms with Crippen molar-refractivity contribution in [2.45, 2.75) is 0 Å². The summed E-state index contributed by atoms with van der Waals surface area (Å²) in [4.78, 5) is 22.9. The van der Waals surface area contributed by atoms with Crippen LogP contribution in [-0.4, -0.2) is 22.1 Å². The van der Waals surface area contributed by atoms with Gasteiger partial charge in [0, 0.05) is 11.3 Å². The van der Waals surface area contributed by atoms with Gasteiger partial charge in [0.2, 0.25) is 0 Å². The maximum atomic E-state index is 12.0. The van der Waals surface area contributed by atoms with Crippen LogP contribution in [0.1, 0.15) is 20.7 Å². The normalized spacial score (nSPS) is 9.68. The Kier molecular flexibility index (Phi) is 6.43. The monoisotopic (exact) mass is 373 g/mol. The van der Waals surface area contributed by atoms with Gasteiger partial charge in [-0.2, -0.15) is 0 Å². The van der Waals surface area contributed by atoms with Crippen molar-refractivity contribution in [3.8, 4) is 11.5 Å². The third-order valence-electron chi connectivity index (χ3n) is 2.69. The molecule has 0 saturated heterocycles. The zero-order chi connectivity index (χ0) is 15.6. The number of aromatic carboxylic acids is 1. The van der Waals surface area contributed by atoms with Crippen LogP contribution in [0.4, 0.5) is 5.69 Å². The number of hydrogen-bond acceptors (Lipinski definition) is 5. The number of phenolic OH excluding ortho intramolecular Hbond substituents is 1. The molecule has 2 aromatic carbocycles. The number of benzene rings is 2. The molecule has 1 amide bonds. The van der Waals surface area contributed by atoms with Gasteiger partial charge < -0.3 is 25.4 Å². The van der Waals surface area contributed by atoms with Gasteiger partial charge in [0.05, 0.1) is 16.0 Å². The van der Waals surface area contributed by atoms with Crippen molar-refractivity contribution in [2.24, 2.45) is 0 Å². The van der Waals surface area contributed by atoms with Crippen molar-refractivity contribution >= 4 is 33.5 Å². The molecule has 6 nitrogen and oxygen atoms in total. The van der Waals surface area contributed by atoms with Gasteiger partial charge in [-0.3, -0.25) is 4.79 Å². The second-order valence-electron chi connectivity index (χ2n) is 4.11. The van der Waals surface area contributed by atoms with Crippen LogP contribution in [0.25, 0.3) is 0 Å². The van der Waals surface area contributed by atoms with Crippen LogP contribution < -0.4 is 40.0 Å². The van der Waals surface area contributed by atoms with Crippen LogP contribution in [-0.2, 0) is 0 Å². The molecule has 0 aliphatic rings. The molecule has 0 saturated carbocycles. The van der Waals surface area contributed by atoms with Crippen LogP contribution in [0.5, 0.6) is 11.5 Å². The average molecular weight is 374 g/mol. The molecule has 0 aliphatic carbocycles.